The summed E-state index contributed by atoms with van der Waals surface area (Å²) in [6.07, 6.45) is 0.374. The molecule has 3 aromatic rings. The SMILES string of the molecule is CCOC(=O)Cn1c([C@@H]2CC(=O)N(c3cc(C)cc(C)c3)C2)nc2ccccc21. The van der Waals surface area contributed by atoms with Gasteiger partial charge in [-0.05, 0) is 56.2 Å². The standard InChI is InChI=1S/C23H25N3O3/c1-4-29-22(28)14-26-20-8-6-5-7-19(20)24-23(26)17-12-21(27)25(13-17)18-10-15(2)9-16(3)11-18/h5-11,17H,4,12-14H2,1-3H3/t17-/m1/s1. The number of hydrogen-bond acceptors (Lipinski definition) is 4. The van der Waals surface area contributed by atoms with Crippen molar-refractivity contribution in [1.29, 1.82) is 0 Å². The quantitative estimate of drug-likeness (QED) is 0.622. The molecule has 2 heterocycles. The highest BCUT2D eigenvalue weighted by Gasteiger charge is 2.35. The van der Waals surface area contributed by atoms with Crippen molar-refractivity contribution >= 4 is 28.6 Å². The number of hydrogen-bond donors (Lipinski definition) is 0. The maximum absolute atomic E-state index is 12.8. The van der Waals surface area contributed by atoms with Crippen LogP contribution >= 0.6 is 0 Å². The number of rotatable bonds is 5. The number of ether oxygens (including phenoxy) is 1. The molecule has 4 rings (SSSR count). The highest BCUT2D eigenvalue weighted by Crippen LogP contribution is 2.34. The van der Waals surface area contributed by atoms with Crippen molar-refractivity contribution in [2.24, 2.45) is 0 Å². The van der Waals surface area contributed by atoms with Gasteiger partial charge in [0, 0.05) is 24.6 Å². The zero-order chi connectivity index (χ0) is 20.5. The molecule has 1 amide bonds. The van der Waals surface area contributed by atoms with Crippen LogP contribution in [0.3, 0.4) is 0 Å². The predicted molar refractivity (Wildman–Crippen MR) is 112 cm³/mol. The number of imidazole rings is 1. The first-order valence-electron chi connectivity index (χ1n) is 9.95. The summed E-state index contributed by atoms with van der Waals surface area (Å²) in [6.45, 7) is 6.85. The lowest BCUT2D eigenvalue weighted by Gasteiger charge is -2.18. The fourth-order valence-electron chi connectivity index (χ4n) is 4.14. The summed E-state index contributed by atoms with van der Waals surface area (Å²) in [5.41, 5.74) is 4.89. The van der Waals surface area contributed by atoms with Gasteiger partial charge in [-0.1, -0.05) is 18.2 Å². The van der Waals surface area contributed by atoms with E-state index < -0.39 is 0 Å². The fourth-order valence-corrected chi connectivity index (χ4v) is 4.14. The Hall–Kier alpha value is -3.15. The van der Waals surface area contributed by atoms with Crippen LogP contribution in [0.15, 0.2) is 42.5 Å². The maximum atomic E-state index is 12.8. The summed E-state index contributed by atoms with van der Waals surface area (Å²) in [7, 11) is 0. The zero-order valence-corrected chi connectivity index (χ0v) is 17.0. The minimum absolute atomic E-state index is 0.0785. The predicted octanol–water partition coefficient (Wildman–Crippen LogP) is 3.74. The van der Waals surface area contributed by atoms with Crippen LogP contribution in [0.4, 0.5) is 5.69 Å². The monoisotopic (exact) mass is 391 g/mol. The molecule has 2 aromatic carbocycles. The van der Waals surface area contributed by atoms with Gasteiger partial charge in [0.05, 0.1) is 17.6 Å². The molecule has 6 nitrogen and oxygen atoms in total. The number of anilines is 1. The third-order valence-corrected chi connectivity index (χ3v) is 5.28. The van der Waals surface area contributed by atoms with E-state index in [9.17, 15) is 9.59 Å². The first-order chi connectivity index (χ1) is 14.0. The molecule has 6 heteroatoms. The molecule has 0 N–H and O–H groups in total. The van der Waals surface area contributed by atoms with Crippen LogP contribution in [-0.2, 0) is 20.9 Å². The van der Waals surface area contributed by atoms with Crippen molar-refractivity contribution in [3.63, 3.8) is 0 Å². The molecule has 0 saturated carbocycles. The van der Waals surface area contributed by atoms with E-state index in [0.717, 1.165) is 33.7 Å². The maximum Gasteiger partial charge on any atom is 0.326 e. The Kier molecular flexibility index (Phi) is 5.09. The van der Waals surface area contributed by atoms with E-state index in [1.54, 1.807) is 6.92 Å². The van der Waals surface area contributed by atoms with E-state index in [0.29, 0.717) is 19.6 Å². The van der Waals surface area contributed by atoms with Crippen LogP contribution in [0.5, 0.6) is 0 Å². The van der Waals surface area contributed by atoms with Crippen molar-refractivity contribution in [2.45, 2.75) is 39.7 Å². The Labute approximate surface area is 170 Å². The molecular weight excluding hydrogens is 366 g/mol. The molecule has 29 heavy (non-hydrogen) atoms. The Morgan fingerprint density at radius 2 is 1.90 bits per heavy atom. The topological polar surface area (TPSA) is 64.4 Å². The molecule has 1 atom stereocenters. The summed E-state index contributed by atoms with van der Waals surface area (Å²) in [5, 5.41) is 0. The minimum atomic E-state index is -0.299. The van der Waals surface area contributed by atoms with Crippen molar-refractivity contribution < 1.29 is 14.3 Å². The molecular formula is C23H25N3O3. The number of esters is 1. The largest absolute Gasteiger partial charge is 0.465 e. The van der Waals surface area contributed by atoms with Crippen LogP contribution in [0.25, 0.3) is 11.0 Å². The number of nitrogens with zero attached hydrogens (tertiary/aromatic N) is 3. The average Bonchev–Trinajstić information content (AvgIpc) is 3.22. The van der Waals surface area contributed by atoms with E-state index in [4.69, 9.17) is 9.72 Å². The third kappa shape index (κ3) is 3.75. The van der Waals surface area contributed by atoms with Gasteiger partial charge in [-0.25, -0.2) is 4.98 Å². The van der Waals surface area contributed by atoms with Gasteiger partial charge < -0.3 is 14.2 Å². The number of aromatic nitrogens is 2. The van der Waals surface area contributed by atoms with Gasteiger partial charge in [0.1, 0.15) is 12.4 Å². The normalized spacial score (nSPS) is 16.6. The Balaban J connectivity index is 1.69. The second-order valence-corrected chi connectivity index (χ2v) is 7.60. The number of aryl methyl sites for hydroxylation is 2. The molecule has 0 radical (unpaired) electrons. The molecule has 0 unspecified atom stereocenters. The van der Waals surface area contributed by atoms with Gasteiger partial charge in [0.15, 0.2) is 0 Å². The second-order valence-electron chi connectivity index (χ2n) is 7.60. The Morgan fingerprint density at radius 1 is 1.17 bits per heavy atom. The van der Waals surface area contributed by atoms with Crippen LogP contribution in [0.1, 0.15) is 36.2 Å². The lowest BCUT2D eigenvalue weighted by atomic mass is 10.1. The van der Waals surface area contributed by atoms with E-state index in [1.165, 1.54) is 0 Å². The summed E-state index contributed by atoms with van der Waals surface area (Å²) < 4.78 is 7.05. The van der Waals surface area contributed by atoms with Crippen LogP contribution in [-0.4, -0.2) is 34.6 Å². The van der Waals surface area contributed by atoms with Gasteiger partial charge in [-0.2, -0.15) is 0 Å². The molecule has 0 aliphatic carbocycles. The summed E-state index contributed by atoms with van der Waals surface area (Å²) in [5.74, 6) is 0.465. The van der Waals surface area contributed by atoms with Crippen LogP contribution in [0, 0.1) is 13.8 Å². The fraction of sp³-hybridized carbons (Fsp3) is 0.348. The van der Waals surface area contributed by atoms with Gasteiger partial charge in [0.25, 0.3) is 0 Å². The molecule has 0 bridgehead atoms. The van der Waals surface area contributed by atoms with E-state index in [1.807, 2.05) is 59.7 Å². The molecule has 1 aliphatic rings. The summed E-state index contributed by atoms with van der Waals surface area (Å²) >= 11 is 0. The van der Waals surface area contributed by atoms with Crippen molar-refractivity contribution in [3.05, 3.63) is 59.4 Å². The summed E-state index contributed by atoms with van der Waals surface area (Å²) in [4.78, 5) is 31.6. The van der Waals surface area contributed by atoms with Crippen LogP contribution in [0.2, 0.25) is 0 Å². The average molecular weight is 391 g/mol. The molecule has 1 aromatic heterocycles. The number of carbonyl (C=O) groups excluding carboxylic acids is 2. The van der Waals surface area contributed by atoms with Crippen LogP contribution < -0.4 is 4.90 Å². The smallest absolute Gasteiger partial charge is 0.326 e. The number of fused-ring (bicyclic) bond motifs is 1. The van der Waals surface area contributed by atoms with Gasteiger partial charge in [-0.3, -0.25) is 9.59 Å². The molecule has 150 valence electrons. The minimum Gasteiger partial charge on any atom is -0.465 e. The highest BCUT2D eigenvalue weighted by molar-refractivity contribution is 5.96. The lowest BCUT2D eigenvalue weighted by molar-refractivity contribution is -0.143. The number of carbonyl (C=O) groups is 2. The lowest BCUT2D eigenvalue weighted by Crippen LogP contribution is -2.25. The number of amides is 1. The van der Waals surface area contributed by atoms with Crippen molar-refractivity contribution in [1.82, 2.24) is 9.55 Å². The van der Waals surface area contributed by atoms with Gasteiger partial charge in [-0.15, -0.1) is 0 Å². The zero-order valence-electron chi connectivity index (χ0n) is 17.0. The van der Waals surface area contributed by atoms with Gasteiger partial charge in [0.2, 0.25) is 5.91 Å². The molecule has 1 fully saturated rings. The van der Waals surface area contributed by atoms with E-state index >= 15 is 0 Å². The van der Waals surface area contributed by atoms with E-state index in [2.05, 4.69) is 6.07 Å². The second kappa shape index (κ2) is 7.70. The molecule has 1 saturated heterocycles. The number of benzene rings is 2. The van der Waals surface area contributed by atoms with Gasteiger partial charge >= 0.3 is 5.97 Å². The molecule has 0 spiro atoms. The van der Waals surface area contributed by atoms with Crippen molar-refractivity contribution in [3.8, 4) is 0 Å². The number of para-hydroxylation sites is 2. The highest BCUT2D eigenvalue weighted by atomic mass is 16.5. The molecule has 1 aliphatic heterocycles. The Bertz CT molecular complexity index is 1070. The van der Waals surface area contributed by atoms with Crippen molar-refractivity contribution in [2.75, 3.05) is 18.1 Å². The summed E-state index contributed by atoms with van der Waals surface area (Å²) in [6, 6.07) is 13.9. The Morgan fingerprint density at radius 3 is 2.62 bits per heavy atom. The van der Waals surface area contributed by atoms with E-state index in [-0.39, 0.29) is 24.3 Å². The first-order valence-corrected chi connectivity index (χ1v) is 9.95. The first kappa shape index (κ1) is 19.2. The third-order valence-electron chi connectivity index (χ3n) is 5.28.